The molecule has 0 aliphatic rings. The Kier molecular flexibility index (Phi) is 4.82. The Labute approximate surface area is 145 Å². The summed E-state index contributed by atoms with van der Waals surface area (Å²) in [5.74, 6) is -0.217. The summed E-state index contributed by atoms with van der Waals surface area (Å²) >= 11 is 0. The molecule has 0 saturated heterocycles. The second kappa shape index (κ2) is 7.04. The van der Waals surface area contributed by atoms with Gasteiger partial charge in [-0.2, -0.15) is 0 Å². The topological polar surface area (TPSA) is 92.6 Å². The van der Waals surface area contributed by atoms with Crippen molar-refractivity contribution in [3.05, 3.63) is 60.6 Å². The largest absolute Gasteiger partial charge is 0.326 e. The smallest absolute Gasteiger partial charge is 0.240 e. The fourth-order valence-electron chi connectivity index (χ4n) is 2.43. The van der Waals surface area contributed by atoms with Gasteiger partial charge in [-0.25, -0.2) is 18.1 Å². The zero-order valence-corrected chi connectivity index (χ0v) is 14.5. The maximum absolute atomic E-state index is 12.2. The van der Waals surface area contributed by atoms with Gasteiger partial charge in [0.1, 0.15) is 5.65 Å². The standard InChI is InChI=1S/C17H18N4O3S/c1-2-18-25(23,24)15-8-6-13(7-9-15)20-17(22)11-14-12-21-10-4-3-5-16(21)19-14/h3-10,12,18H,2,11H2,1H3,(H,20,22). The lowest BCUT2D eigenvalue weighted by atomic mass is 10.3. The highest BCUT2D eigenvalue weighted by Crippen LogP contribution is 2.14. The quantitative estimate of drug-likeness (QED) is 0.703. The van der Waals surface area contributed by atoms with Crippen molar-refractivity contribution in [3.63, 3.8) is 0 Å². The summed E-state index contributed by atoms with van der Waals surface area (Å²) in [5, 5.41) is 2.74. The van der Waals surface area contributed by atoms with Crippen molar-refractivity contribution in [2.24, 2.45) is 0 Å². The van der Waals surface area contributed by atoms with E-state index in [0.717, 1.165) is 5.65 Å². The number of imidazole rings is 1. The van der Waals surface area contributed by atoms with Gasteiger partial charge in [-0.05, 0) is 36.4 Å². The van der Waals surface area contributed by atoms with E-state index in [9.17, 15) is 13.2 Å². The number of rotatable bonds is 6. The van der Waals surface area contributed by atoms with Crippen molar-refractivity contribution in [2.75, 3.05) is 11.9 Å². The summed E-state index contributed by atoms with van der Waals surface area (Å²) in [6.07, 6.45) is 3.81. The summed E-state index contributed by atoms with van der Waals surface area (Å²) in [7, 11) is -3.49. The first-order valence-corrected chi connectivity index (χ1v) is 9.28. The lowest BCUT2D eigenvalue weighted by molar-refractivity contribution is -0.115. The molecule has 1 aromatic carbocycles. The average molecular weight is 358 g/mol. The molecule has 25 heavy (non-hydrogen) atoms. The van der Waals surface area contributed by atoms with Crippen LogP contribution in [0, 0.1) is 0 Å². The number of hydrogen-bond acceptors (Lipinski definition) is 4. The number of pyridine rings is 1. The number of anilines is 1. The van der Waals surface area contributed by atoms with Gasteiger partial charge in [0.05, 0.1) is 17.0 Å². The van der Waals surface area contributed by atoms with Crippen LogP contribution >= 0.6 is 0 Å². The van der Waals surface area contributed by atoms with Gasteiger partial charge in [0, 0.05) is 24.6 Å². The van der Waals surface area contributed by atoms with Crippen molar-refractivity contribution in [2.45, 2.75) is 18.2 Å². The van der Waals surface area contributed by atoms with Crippen molar-refractivity contribution in [3.8, 4) is 0 Å². The third-order valence-corrected chi connectivity index (χ3v) is 5.10. The molecule has 2 N–H and O–H groups in total. The van der Waals surface area contributed by atoms with E-state index < -0.39 is 10.0 Å². The van der Waals surface area contributed by atoms with E-state index in [2.05, 4.69) is 15.0 Å². The second-order valence-electron chi connectivity index (χ2n) is 5.45. The summed E-state index contributed by atoms with van der Waals surface area (Å²) in [6, 6.07) is 11.7. The van der Waals surface area contributed by atoms with Crippen molar-refractivity contribution in [1.29, 1.82) is 0 Å². The van der Waals surface area contributed by atoms with E-state index in [1.807, 2.05) is 28.8 Å². The lowest BCUT2D eigenvalue weighted by Crippen LogP contribution is -2.23. The van der Waals surface area contributed by atoms with E-state index in [0.29, 0.717) is 17.9 Å². The molecule has 2 aromatic heterocycles. The van der Waals surface area contributed by atoms with E-state index in [-0.39, 0.29) is 17.2 Å². The molecule has 0 aliphatic carbocycles. The number of amides is 1. The Hall–Kier alpha value is -2.71. The summed E-state index contributed by atoms with van der Waals surface area (Å²) in [6.45, 7) is 2.03. The summed E-state index contributed by atoms with van der Waals surface area (Å²) in [5.41, 5.74) is 1.97. The third-order valence-electron chi connectivity index (χ3n) is 3.54. The number of benzene rings is 1. The molecular weight excluding hydrogens is 340 g/mol. The SMILES string of the molecule is CCNS(=O)(=O)c1ccc(NC(=O)Cc2cn3ccccc3n2)cc1. The number of nitrogens with one attached hydrogen (secondary N) is 2. The molecule has 0 unspecified atom stereocenters. The minimum atomic E-state index is -3.49. The number of aromatic nitrogens is 2. The normalized spacial score (nSPS) is 11.6. The minimum absolute atomic E-state index is 0.138. The maximum atomic E-state index is 12.2. The van der Waals surface area contributed by atoms with E-state index in [1.54, 1.807) is 25.3 Å². The van der Waals surface area contributed by atoms with Gasteiger partial charge in [0.2, 0.25) is 15.9 Å². The van der Waals surface area contributed by atoms with Gasteiger partial charge in [-0.1, -0.05) is 13.0 Å². The molecule has 2 heterocycles. The van der Waals surface area contributed by atoms with Crippen LogP contribution in [0.4, 0.5) is 5.69 Å². The predicted octanol–water partition coefficient (Wildman–Crippen LogP) is 1.81. The predicted molar refractivity (Wildman–Crippen MR) is 94.8 cm³/mol. The number of carbonyl (C=O) groups excluding carboxylic acids is 1. The molecule has 0 radical (unpaired) electrons. The molecule has 0 atom stereocenters. The van der Waals surface area contributed by atoms with E-state index in [1.165, 1.54) is 12.1 Å². The zero-order valence-electron chi connectivity index (χ0n) is 13.6. The van der Waals surface area contributed by atoms with Crippen LogP contribution in [0.25, 0.3) is 5.65 Å². The maximum Gasteiger partial charge on any atom is 0.240 e. The van der Waals surface area contributed by atoms with Crippen LogP contribution in [0.5, 0.6) is 0 Å². The molecule has 0 aliphatic heterocycles. The molecule has 0 fully saturated rings. The molecule has 3 rings (SSSR count). The fourth-order valence-corrected chi connectivity index (χ4v) is 3.47. The molecule has 3 aromatic rings. The first kappa shape index (κ1) is 17.1. The summed E-state index contributed by atoms with van der Waals surface area (Å²) < 4.78 is 28.0. The van der Waals surface area contributed by atoms with Crippen molar-refractivity contribution in [1.82, 2.24) is 14.1 Å². The van der Waals surface area contributed by atoms with Crippen molar-refractivity contribution >= 4 is 27.3 Å². The molecule has 130 valence electrons. The Balaban J connectivity index is 1.66. The van der Waals surface area contributed by atoms with Crippen LogP contribution in [0.15, 0.2) is 59.8 Å². The monoisotopic (exact) mass is 358 g/mol. The number of fused-ring (bicyclic) bond motifs is 1. The third kappa shape index (κ3) is 4.04. The molecule has 0 spiro atoms. The average Bonchev–Trinajstić information content (AvgIpc) is 2.97. The Morgan fingerprint density at radius 3 is 2.60 bits per heavy atom. The van der Waals surface area contributed by atoms with Gasteiger partial charge in [-0.3, -0.25) is 4.79 Å². The van der Waals surface area contributed by atoms with Crippen LogP contribution in [-0.4, -0.2) is 30.3 Å². The first-order chi connectivity index (χ1) is 12.0. The number of sulfonamides is 1. The van der Waals surface area contributed by atoms with Crippen LogP contribution < -0.4 is 10.0 Å². The van der Waals surface area contributed by atoms with Crippen molar-refractivity contribution < 1.29 is 13.2 Å². The molecular formula is C17H18N4O3S. The van der Waals surface area contributed by atoms with Crippen LogP contribution in [-0.2, 0) is 21.2 Å². The van der Waals surface area contributed by atoms with Crippen LogP contribution in [0.1, 0.15) is 12.6 Å². The fraction of sp³-hybridized carbons (Fsp3) is 0.176. The van der Waals surface area contributed by atoms with E-state index >= 15 is 0 Å². The number of carbonyl (C=O) groups is 1. The Bertz CT molecular complexity index is 961. The van der Waals surface area contributed by atoms with Gasteiger partial charge in [-0.15, -0.1) is 0 Å². The minimum Gasteiger partial charge on any atom is -0.326 e. The van der Waals surface area contributed by atoms with Gasteiger partial charge >= 0.3 is 0 Å². The molecule has 8 heteroatoms. The first-order valence-electron chi connectivity index (χ1n) is 7.80. The van der Waals surface area contributed by atoms with Gasteiger partial charge in [0.25, 0.3) is 0 Å². The number of hydrogen-bond donors (Lipinski definition) is 2. The molecule has 0 bridgehead atoms. The highest BCUT2D eigenvalue weighted by Gasteiger charge is 2.13. The summed E-state index contributed by atoms with van der Waals surface area (Å²) in [4.78, 5) is 16.7. The molecule has 7 nitrogen and oxygen atoms in total. The van der Waals surface area contributed by atoms with Gasteiger partial charge in [0.15, 0.2) is 0 Å². The van der Waals surface area contributed by atoms with Gasteiger partial charge < -0.3 is 9.72 Å². The second-order valence-corrected chi connectivity index (χ2v) is 7.22. The zero-order chi connectivity index (χ0) is 17.9. The molecule has 1 amide bonds. The van der Waals surface area contributed by atoms with Crippen LogP contribution in [0.2, 0.25) is 0 Å². The van der Waals surface area contributed by atoms with Crippen LogP contribution in [0.3, 0.4) is 0 Å². The highest BCUT2D eigenvalue weighted by molar-refractivity contribution is 7.89. The van der Waals surface area contributed by atoms with E-state index in [4.69, 9.17) is 0 Å². The Morgan fingerprint density at radius 1 is 1.16 bits per heavy atom. The lowest BCUT2D eigenvalue weighted by Gasteiger charge is -2.07. The molecule has 0 saturated carbocycles. The highest BCUT2D eigenvalue weighted by atomic mass is 32.2. The number of nitrogens with zero attached hydrogens (tertiary/aromatic N) is 2. The Morgan fingerprint density at radius 2 is 1.92 bits per heavy atom.